The molecule has 0 bridgehead atoms. The van der Waals surface area contributed by atoms with Crippen LogP contribution in [0.5, 0.6) is 0 Å². The van der Waals surface area contributed by atoms with E-state index in [0.29, 0.717) is 0 Å². The van der Waals surface area contributed by atoms with Crippen molar-refractivity contribution in [2.24, 2.45) is 0 Å². The lowest BCUT2D eigenvalue weighted by Crippen LogP contribution is -1.79. The molecular weight excluding hydrogens is 164 g/mol. The van der Waals surface area contributed by atoms with Crippen molar-refractivity contribution in [3.05, 3.63) is 35.4 Å². The second-order valence-corrected chi connectivity index (χ2v) is 3.28. The molecule has 0 nitrogen and oxygen atoms in total. The number of hydrogen-bond donors (Lipinski definition) is 0. The van der Waals surface area contributed by atoms with E-state index in [0.717, 1.165) is 10.4 Å². The SMILES string of the molecule is CC(=S)C#Cc1ccc(C)cc1. The third kappa shape index (κ3) is 2.86. The van der Waals surface area contributed by atoms with Crippen molar-refractivity contribution in [3.63, 3.8) is 0 Å². The highest BCUT2D eigenvalue weighted by atomic mass is 32.1. The molecule has 0 aromatic heterocycles. The first-order valence-electron chi connectivity index (χ1n) is 3.78. The van der Waals surface area contributed by atoms with Crippen molar-refractivity contribution in [1.29, 1.82) is 0 Å². The van der Waals surface area contributed by atoms with Crippen LogP contribution in [0, 0.1) is 18.8 Å². The van der Waals surface area contributed by atoms with Gasteiger partial charge in [-0.25, -0.2) is 0 Å². The zero-order chi connectivity index (χ0) is 8.97. The van der Waals surface area contributed by atoms with Gasteiger partial charge in [-0.15, -0.1) is 0 Å². The first-order valence-corrected chi connectivity index (χ1v) is 4.18. The summed E-state index contributed by atoms with van der Waals surface area (Å²) in [5.74, 6) is 5.84. The molecule has 1 rings (SSSR count). The molecule has 0 fully saturated rings. The summed E-state index contributed by atoms with van der Waals surface area (Å²) < 4.78 is 0. The fourth-order valence-electron chi connectivity index (χ4n) is 0.797. The lowest BCUT2D eigenvalue weighted by Gasteiger charge is -1.90. The van der Waals surface area contributed by atoms with Gasteiger partial charge in [-0.2, -0.15) is 0 Å². The standard InChI is InChI=1S/C11H10S/c1-9-3-6-11(7-4-9)8-5-10(2)12/h3-4,6-7H,1-2H3. The van der Waals surface area contributed by atoms with Crippen LogP contribution in [0.4, 0.5) is 0 Å². The Morgan fingerprint density at radius 3 is 2.33 bits per heavy atom. The van der Waals surface area contributed by atoms with E-state index in [1.807, 2.05) is 31.2 Å². The number of thiocarbonyl (C=S) groups is 1. The van der Waals surface area contributed by atoms with Gasteiger partial charge in [0.1, 0.15) is 0 Å². The van der Waals surface area contributed by atoms with Crippen molar-refractivity contribution < 1.29 is 0 Å². The molecular formula is C11H10S. The van der Waals surface area contributed by atoms with Crippen LogP contribution in [0.25, 0.3) is 0 Å². The van der Waals surface area contributed by atoms with Gasteiger partial charge in [0.15, 0.2) is 0 Å². The van der Waals surface area contributed by atoms with Gasteiger partial charge in [-0.3, -0.25) is 0 Å². The first kappa shape index (κ1) is 8.96. The topological polar surface area (TPSA) is 0 Å². The monoisotopic (exact) mass is 174 g/mol. The van der Waals surface area contributed by atoms with Crippen molar-refractivity contribution in [1.82, 2.24) is 0 Å². The Morgan fingerprint density at radius 2 is 1.83 bits per heavy atom. The summed E-state index contributed by atoms with van der Waals surface area (Å²) in [6.45, 7) is 3.89. The largest absolute Gasteiger partial charge is 0.0754 e. The van der Waals surface area contributed by atoms with Crippen LogP contribution in [0.1, 0.15) is 18.1 Å². The van der Waals surface area contributed by atoms with Gasteiger partial charge in [0, 0.05) is 5.56 Å². The molecule has 0 spiro atoms. The van der Waals surface area contributed by atoms with E-state index in [-0.39, 0.29) is 0 Å². The third-order valence-electron chi connectivity index (χ3n) is 1.43. The quantitative estimate of drug-likeness (QED) is 0.430. The van der Waals surface area contributed by atoms with Crippen molar-refractivity contribution >= 4 is 17.1 Å². The zero-order valence-corrected chi connectivity index (χ0v) is 8.03. The summed E-state index contributed by atoms with van der Waals surface area (Å²) in [4.78, 5) is 0.732. The number of aryl methyl sites for hydroxylation is 1. The highest BCUT2D eigenvalue weighted by Crippen LogP contribution is 2.00. The van der Waals surface area contributed by atoms with E-state index in [1.165, 1.54) is 5.56 Å². The summed E-state index contributed by atoms with van der Waals surface area (Å²) in [6.07, 6.45) is 0. The molecule has 1 heteroatoms. The molecule has 0 radical (unpaired) electrons. The van der Waals surface area contributed by atoms with Crippen LogP contribution in [0.2, 0.25) is 0 Å². The minimum Gasteiger partial charge on any atom is -0.0754 e. The van der Waals surface area contributed by atoms with Crippen LogP contribution >= 0.6 is 12.2 Å². The predicted molar refractivity (Wildman–Crippen MR) is 56.3 cm³/mol. The summed E-state index contributed by atoms with van der Waals surface area (Å²) in [5, 5.41) is 0. The number of hydrogen-bond acceptors (Lipinski definition) is 1. The Labute approximate surface area is 78.6 Å². The normalized spacial score (nSPS) is 8.50. The molecule has 0 saturated heterocycles. The van der Waals surface area contributed by atoms with Gasteiger partial charge >= 0.3 is 0 Å². The molecule has 0 aliphatic carbocycles. The average Bonchev–Trinajstić information content (AvgIpc) is 2.03. The molecule has 12 heavy (non-hydrogen) atoms. The molecule has 0 saturated carbocycles. The lowest BCUT2D eigenvalue weighted by molar-refractivity contribution is 1.46. The highest BCUT2D eigenvalue weighted by Gasteiger charge is 1.85. The van der Waals surface area contributed by atoms with Crippen LogP contribution in [0.3, 0.4) is 0 Å². The summed E-state index contributed by atoms with van der Waals surface area (Å²) in [7, 11) is 0. The molecule has 0 amide bonds. The van der Waals surface area contributed by atoms with Crippen LogP contribution in [0.15, 0.2) is 24.3 Å². The lowest BCUT2D eigenvalue weighted by atomic mass is 10.1. The van der Waals surface area contributed by atoms with Crippen LogP contribution < -0.4 is 0 Å². The highest BCUT2D eigenvalue weighted by molar-refractivity contribution is 7.80. The first-order chi connectivity index (χ1) is 5.68. The van der Waals surface area contributed by atoms with Gasteiger partial charge in [-0.1, -0.05) is 41.8 Å². The minimum atomic E-state index is 0.732. The van der Waals surface area contributed by atoms with Crippen LogP contribution in [-0.4, -0.2) is 4.86 Å². The second kappa shape index (κ2) is 4.04. The van der Waals surface area contributed by atoms with E-state index in [9.17, 15) is 0 Å². The fraction of sp³-hybridized carbons (Fsp3) is 0.182. The second-order valence-electron chi connectivity index (χ2n) is 2.67. The number of rotatable bonds is 0. The maximum Gasteiger partial charge on any atom is 0.0622 e. The molecule has 0 N–H and O–H groups in total. The molecule has 1 aromatic rings. The Kier molecular flexibility index (Phi) is 3.01. The van der Waals surface area contributed by atoms with Gasteiger partial charge in [0.05, 0.1) is 4.86 Å². The maximum atomic E-state index is 4.85. The van der Waals surface area contributed by atoms with E-state index in [4.69, 9.17) is 12.2 Å². The van der Waals surface area contributed by atoms with Gasteiger partial charge < -0.3 is 0 Å². The molecule has 1 aromatic carbocycles. The number of benzene rings is 1. The zero-order valence-electron chi connectivity index (χ0n) is 7.22. The Morgan fingerprint density at radius 1 is 1.25 bits per heavy atom. The minimum absolute atomic E-state index is 0.732. The molecule has 0 aliphatic rings. The smallest absolute Gasteiger partial charge is 0.0622 e. The molecule has 0 heterocycles. The van der Waals surface area contributed by atoms with Gasteiger partial charge in [0.2, 0.25) is 0 Å². The van der Waals surface area contributed by atoms with Crippen molar-refractivity contribution in [2.75, 3.05) is 0 Å². The van der Waals surface area contributed by atoms with E-state index < -0.39 is 0 Å². The molecule has 0 unspecified atom stereocenters. The van der Waals surface area contributed by atoms with E-state index in [2.05, 4.69) is 18.8 Å². The van der Waals surface area contributed by atoms with Crippen molar-refractivity contribution in [3.8, 4) is 11.8 Å². The summed E-state index contributed by atoms with van der Waals surface area (Å²) >= 11 is 4.85. The Bertz CT molecular complexity index is 336. The molecule has 0 aliphatic heterocycles. The summed E-state index contributed by atoms with van der Waals surface area (Å²) in [5.41, 5.74) is 2.27. The third-order valence-corrected chi connectivity index (χ3v) is 1.54. The van der Waals surface area contributed by atoms with Crippen molar-refractivity contribution in [2.45, 2.75) is 13.8 Å². The fourth-order valence-corrected chi connectivity index (χ4v) is 0.848. The predicted octanol–water partition coefficient (Wildman–Crippen LogP) is 2.74. The average molecular weight is 174 g/mol. The Balaban J connectivity index is 2.86. The maximum absolute atomic E-state index is 4.85. The Hall–Kier alpha value is -1.13. The van der Waals surface area contributed by atoms with E-state index >= 15 is 0 Å². The van der Waals surface area contributed by atoms with Crippen LogP contribution in [-0.2, 0) is 0 Å². The van der Waals surface area contributed by atoms with E-state index in [1.54, 1.807) is 0 Å². The van der Waals surface area contributed by atoms with Gasteiger partial charge in [-0.05, 0) is 26.0 Å². The van der Waals surface area contributed by atoms with Gasteiger partial charge in [0.25, 0.3) is 0 Å². The molecule has 60 valence electrons. The summed E-state index contributed by atoms with van der Waals surface area (Å²) in [6, 6.07) is 8.09. The molecule has 0 atom stereocenters.